The first-order valence-corrected chi connectivity index (χ1v) is 4.74. The van der Waals surface area contributed by atoms with Gasteiger partial charge in [-0.3, -0.25) is 0 Å². The minimum Gasteiger partial charge on any atom is -0.491 e. The van der Waals surface area contributed by atoms with Gasteiger partial charge >= 0.3 is 0 Å². The molecule has 1 aromatic rings. The summed E-state index contributed by atoms with van der Waals surface area (Å²) in [6.07, 6.45) is 1.03. The van der Waals surface area contributed by atoms with E-state index in [1.165, 1.54) is 16.7 Å². The van der Waals surface area contributed by atoms with E-state index < -0.39 is 0 Å². The Morgan fingerprint density at radius 1 is 1.54 bits per heavy atom. The van der Waals surface area contributed by atoms with Gasteiger partial charge in [0.25, 0.3) is 0 Å². The van der Waals surface area contributed by atoms with E-state index in [1.54, 1.807) is 0 Å². The van der Waals surface area contributed by atoms with Crippen LogP contribution in [0.1, 0.15) is 29.7 Å². The molecule has 1 aliphatic heterocycles. The minimum atomic E-state index is 0.0739. The highest BCUT2D eigenvalue weighted by Crippen LogP contribution is 2.36. The van der Waals surface area contributed by atoms with Gasteiger partial charge in [-0.2, -0.15) is 0 Å². The smallest absolute Gasteiger partial charge is 0.127 e. The van der Waals surface area contributed by atoms with Gasteiger partial charge in [-0.05, 0) is 24.5 Å². The molecule has 0 amide bonds. The number of hydrogen-bond acceptors (Lipinski definition) is 2. The Morgan fingerprint density at radius 3 is 3.00 bits per heavy atom. The maximum absolute atomic E-state index is 5.97. The first-order chi connectivity index (χ1) is 6.24. The van der Waals surface area contributed by atoms with Crippen molar-refractivity contribution < 1.29 is 4.74 Å². The van der Waals surface area contributed by atoms with Crippen LogP contribution >= 0.6 is 0 Å². The van der Waals surface area contributed by atoms with Gasteiger partial charge in [-0.15, -0.1) is 0 Å². The molecule has 0 radical (unpaired) electrons. The molecule has 0 fully saturated rings. The van der Waals surface area contributed by atoms with Crippen LogP contribution in [0.5, 0.6) is 5.75 Å². The first-order valence-electron chi connectivity index (χ1n) is 4.74. The van der Waals surface area contributed by atoms with Gasteiger partial charge in [0, 0.05) is 5.56 Å². The molecule has 70 valence electrons. The lowest BCUT2D eigenvalue weighted by atomic mass is 9.98. The van der Waals surface area contributed by atoms with Crippen LogP contribution in [0.2, 0.25) is 0 Å². The number of ether oxygens (including phenoxy) is 1. The summed E-state index contributed by atoms with van der Waals surface area (Å²) in [5.41, 5.74) is 9.71. The predicted molar refractivity (Wildman–Crippen MR) is 53.0 cm³/mol. The lowest BCUT2D eigenvalue weighted by Gasteiger charge is -2.09. The standard InChI is InChI=1S/C11H15NO/c1-3-8-5-4-7(2)11-10(8)9(12)6-13-11/h4-5,9H,3,6,12H2,1-2H3/t9-/m1/s1. The van der Waals surface area contributed by atoms with E-state index in [0.29, 0.717) is 6.61 Å². The summed E-state index contributed by atoms with van der Waals surface area (Å²) in [6, 6.07) is 4.34. The molecule has 0 unspecified atom stereocenters. The molecule has 0 aromatic heterocycles. The van der Waals surface area contributed by atoms with Gasteiger partial charge in [0.15, 0.2) is 0 Å². The van der Waals surface area contributed by atoms with Gasteiger partial charge < -0.3 is 10.5 Å². The fourth-order valence-corrected chi connectivity index (χ4v) is 1.91. The summed E-state index contributed by atoms with van der Waals surface area (Å²) < 4.78 is 5.56. The highest BCUT2D eigenvalue weighted by atomic mass is 16.5. The van der Waals surface area contributed by atoms with Crippen molar-refractivity contribution in [2.45, 2.75) is 26.3 Å². The molecule has 0 saturated heterocycles. The molecular weight excluding hydrogens is 162 g/mol. The second kappa shape index (κ2) is 3.04. The van der Waals surface area contributed by atoms with Crippen LogP contribution in [0.4, 0.5) is 0 Å². The van der Waals surface area contributed by atoms with E-state index in [1.807, 2.05) is 0 Å². The maximum atomic E-state index is 5.97. The molecule has 0 bridgehead atoms. The second-order valence-corrected chi connectivity index (χ2v) is 3.56. The zero-order valence-electron chi connectivity index (χ0n) is 8.13. The highest BCUT2D eigenvalue weighted by molar-refractivity contribution is 5.50. The van der Waals surface area contributed by atoms with Crippen molar-refractivity contribution in [3.63, 3.8) is 0 Å². The largest absolute Gasteiger partial charge is 0.491 e. The average molecular weight is 177 g/mol. The van der Waals surface area contributed by atoms with Crippen molar-refractivity contribution in [3.05, 3.63) is 28.8 Å². The molecule has 13 heavy (non-hydrogen) atoms. The number of hydrogen-bond donors (Lipinski definition) is 1. The normalized spacial score (nSPS) is 19.8. The number of benzene rings is 1. The Hall–Kier alpha value is -1.02. The van der Waals surface area contributed by atoms with Crippen LogP contribution in [0.15, 0.2) is 12.1 Å². The summed E-state index contributed by atoms with van der Waals surface area (Å²) in [6.45, 7) is 4.85. The van der Waals surface area contributed by atoms with Crippen LogP contribution < -0.4 is 10.5 Å². The summed E-state index contributed by atoms with van der Waals surface area (Å²) in [5.74, 6) is 1.02. The molecule has 1 aromatic carbocycles. The second-order valence-electron chi connectivity index (χ2n) is 3.56. The van der Waals surface area contributed by atoms with E-state index in [-0.39, 0.29) is 6.04 Å². The van der Waals surface area contributed by atoms with Crippen molar-refractivity contribution in [3.8, 4) is 5.75 Å². The summed E-state index contributed by atoms with van der Waals surface area (Å²) in [5, 5.41) is 0. The predicted octanol–water partition coefficient (Wildman–Crippen LogP) is 1.95. The number of nitrogens with two attached hydrogens (primary N) is 1. The van der Waals surface area contributed by atoms with Gasteiger partial charge in [-0.25, -0.2) is 0 Å². The SMILES string of the molecule is CCc1ccc(C)c2c1[C@H](N)CO2. The van der Waals surface area contributed by atoms with Crippen LogP contribution in [-0.4, -0.2) is 6.61 Å². The Labute approximate surface area is 78.7 Å². The van der Waals surface area contributed by atoms with Gasteiger partial charge in [0.2, 0.25) is 0 Å². The summed E-state index contributed by atoms with van der Waals surface area (Å²) in [7, 11) is 0. The molecule has 1 heterocycles. The maximum Gasteiger partial charge on any atom is 0.127 e. The molecule has 2 heteroatoms. The minimum absolute atomic E-state index is 0.0739. The van der Waals surface area contributed by atoms with Crippen LogP contribution in [0.3, 0.4) is 0 Å². The molecule has 2 rings (SSSR count). The Bertz CT molecular complexity index is 333. The summed E-state index contributed by atoms with van der Waals surface area (Å²) >= 11 is 0. The topological polar surface area (TPSA) is 35.2 Å². The average Bonchev–Trinajstić information content (AvgIpc) is 2.51. The monoisotopic (exact) mass is 177 g/mol. The molecule has 2 N–H and O–H groups in total. The van der Waals surface area contributed by atoms with Crippen molar-refractivity contribution in [1.82, 2.24) is 0 Å². The third kappa shape index (κ3) is 1.22. The molecule has 0 spiro atoms. The molecular formula is C11H15NO. The fourth-order valence-electron chi connectivity index (χ4n) is 1.91. The van der Waals surface area contributed by atoms with Crippen LogP contribution in [0.25, 0.3) is 0 Å². The van der Waals surface area contributed by atoms with Crippen LogP contribution in [-0.2, 0) is 6.42 Å². The van der Waals surface area contributed by atoms with E-state index in [4.69, 9.17) is 10.5 Å². The lowest BCUT2D eigenvalue weighted by molar-refractivity contribution is 0.331. The Morgan fingerprint density at radius 2 is 2.31 bits per heavy atom. The number of rotatable bonds is 1. The van der Waals surface area contributed by atoms with E-state index in [2.05, 4.69) is 26.0 Å². The molecule has 1 aliphatic rings. The van der Waals surface area contributed by atoms with Crippen molar-refractivity contribution >= 4 is 0 Å². The fraction of sp³-hybridized carbons (Fsp3) is 0.455. The van der Waals surface area contributed by atoms with E-state index in [9.17, 15) is 0 Å². The van der Waals surface area contributed by atoms with Crippen molar-refractivity contribution in [1.29, 1.82) is 0 Å². The van der Waals surface area contributed by atoms with Crippen LogP contribution in [0, 0.1) is 6.92 Å². The quantitative estimate of drug-likeness (QED) is 0.711. The number of fused-ring (bicyclic) bond motifs is 1. The van der Waals surface area contributed by atoms with Gasteiger partial charge in [-0.1, -0.05) is 19.1 Å². The molecule has 0 saturated carbocycles. The molecule has 2 nitrogen and oxygen atoms in total. The Balaban J connectivity index is 2.60. The lowest BCUT2D eigenvalue weighted by Crippen LogP contribution is -2.12. The van der Waals surface area contributed by atoms with Gasteiger partial charge in [0.1, 0.15) is 12.4 Å². The first kappa shape index (κ1) is 8.57. The highest BCUT2D eigenvalue weighted by Gasteiger charge is 2.24. The van der Waals surface area contributed by atoms with E-state index in [0.717, 1.165) is 12.2 Å². The van der Waals surface area contributed by atoms with Gasteiger partial charge in [0.05, 0.1) is 6.04 Å². The summed E-state index contributed by atoms with van der Waals surface area (Å²) in [4.78, 5) is 0. The number of aryl methyl sites for hydroxylation is 2. The zero-order chi connectivity index (χ0) is 9.42. The molecule has 1 atom stereocenters. The third-order valence-electron chi connectivity index (χ3n) is 2.64. The third-order valence-corrected chi connectivity index (χ3v) is 2.64. The van der Waals surface area contributed by atoms with E-state index >= 15 is 0 Å². The van der Waals surface area contributed by atoms with Crippen molar-refractivity contribution in [2.75, 3.05) is 6.61 Å². The molecule has 0 aliphatic carbocycles. The van der Waals surface area contributed by atoms with Crippen molar-refractivity contribution in [2.24, 2.45) is 5.73 Å². The zero-order valence-corrected chi connectivity index (χ0v) is 8.13. The Kier molecular flexibility index (Phi) is 2.00.